The molecule has 17 heavy (non-hydrogen) atoms. The van der Waals surface area contributed by atoms with Gasteiger partial charge in [0.05, 0.1) is 14.1 Å². The van der Waals surface area contributed by atoms with Crippen LogP contribution in [0, 0.1) is 0 Å². The molecule has 0 unspecified atom stereocenters. The van der Waals surface area contributed by atoms with Crippen LogP contribution in [0.4, 0.5) is 0 Å². The molecule has 0 atom stereocenters. The highest BCUT2D eigenvalue weighted by atomic mass is 79.9. The summed E-state index contributed by atoms with van der Waals surface area (Å²) in [4.78, 5) is 0. The van der Waals surface area contributed by atoms with Crippen molar-refractivity contribution in [2.24, 2.45) is 0 Å². The summed E-state index contributed by atoms with van der Waals surface area (Å²) in [6.07, 6.45) is 0. The molecule has 2 aromatic rings. The largest absolute Gasteiger partial charge is 1.00 e. The lowest BCUT2D eigenvalue weighted by Crippen LogP contribution is -3.00. The van der Waals surface area contributed by atoms with Crippen LogP contribution in [-0.4, -0.2) is 18.6 Å². The Hall–Kier alpha value is -0.570. The molecule has 0 spiro atoms. The van der Waals surface area contributed by atoms with Crippen LogP contribution < -0.4 is 17.0 Å². The molecule has 0 aliphatic carbocycles. The standard InChI is InChI=1S/C14H15ClN.BrH/c1-16(2)8-11-6-10-4-3-5-14(15)13(10)7-12(11)9-16;/h3-7H,8-9H2,1-2H3;1H/q+1;/p-1. The molecule has 2 aromatic carbocycles. The van der Waals surface area contributed by atoms with Gasteiger partial charge >= 0.3 is 0 Å². The van der Waals surface area contributed by atoms with Crippen molar-refractivity contribution in [3.63, 3.8) is 0 Å². The molecule has 90 valence electrons. The van der Waals surface area contributed by atoms with Gasteiger partial charge in [0.15, 0.2) is 0 Å². The molecule has 0 amide bonds. The molecular formula is C14H15BrClN. The second kappa shape index (κ2) is 4.27. The zero-order valence-electron chi connectivity index (χ0n) is 10.0. The monoisotopic (exact) mass is 311 g/mol. The average Bonchev–Trinajstić information content (AvgIpc) is 2.48. The van der Waals surface area contributed by atoms with Crippen molar-refractivity contribution in [2.45, 2.75) is 13.1 Å². The van der Waals surface area contributed by atoms with Gasteiger partial charge in [-0.05, 0) is 23.6 Å². The maximum Gasteiger partial charge on any atom is 0.105 e. The summed E-state index contributed by atoms with van der Waals surface area (Å²) >= 11 is 6.22. The molecule has 3 heteroatoms. The molecule has 0 bridgehead atoms. The number of rotatable bonds is 0. The Morgan fingerprint density at radius 1 is 1.06 bits per heavy atom. The predicted octanol–water partition coefficient (Wildman–Crippen LogP) is 0.587. The zero-order chi connectivity index (χ0) is 11.3. The fraction of sp³-hybridized carbons (Fsp3) is 0.286. The molecule has 0 fully saturated rings. The predicted molar refractivity (Wildman–Crippen MR) is 68.5 cm³/mol. The van der Waals surface area contributed by atoms with Crippen LogP contribution in [0.1, 0.15) is 11.1 Å². The lowest BCUT2D eigenvalue weighted by atomic mass is 10.0. The van der Waals surface area contributed by atoms with E-state index in [4.69, 9.17) is 11.6 Å². The molecule has 1 aliphatic heterocycles. The lowest BCUT2D eigenvalue weighted by Gasteiger charge is -2.22. The molecular weight excluding hydrogens is 298 g/mol. The maximum absolute atomic E-state index is 6.22. The van der Waals surface area contributed by atoms with Crippen molar-refractivity contribution in [3.8, 4) is 0 Å². The smallest absolute Gasteiger partial charge is 0.105 e. The van der Waals surface area contributed by atoms with E-state index in [9.17, 15) is 0 Å². The average molecular weight is 313 g/mol. The second-order valence-electron chi connectivity index (χ2n) is 5.33. The summed E-state index contributed by atoms with van der Waals surface area (Å²) in [6, 6.07) is 10.7. The first-order valence-corrected chi connectivity index (χ1v) is 5.95. The van der Waals surface area contributed by atoms with Crippen LogP contribution in [0.2, 0.25) is 5.02 Å². The minimum Gasteiger partial charge on any atom is -1.00 e. The van der Waals surface area contributed by atoms with Crippen LogP contribution in [0.25, 0.3) is 10.8 Å². The van der Waals surface area contributed by atoms with Crippen LogP contribution in [0.3, 0.4) is 0 Å². The first-order valence-electron chi connectivity index (χ1n) is 5.57. The van der Waals surface area contributed by atoms with Gasteiger partial charge in [-0.3, -0.25) is 0 Å². The van der Waals surface area contributed by atoms with E-state index in [0.717, 1.165) is 22.6 Å². The van der Waals surface area contributed by atoms with Gasteiger partial charge in [-0.15, -0.1) is 0 Å². The van der Waals surface area contributed by atoms with Crippen molar-refractivity contribution in [1.29, 1.82) is 0 Å². The second-order valence-corrected chi connectivity index (χ2v) is 5.74. The first-order chi connectivity index (χ1) is 7.55. The van der Waals surface area contributed by atoms with Gasteiger partial charge in [0.1, 0.15) is 13.1 Å². The highest BCUT2D eigenvalue weighted by Gasteiger charge is 2.27. The van der Waals surface area contributed by atoms with Crippen LogP contribution >= 0.6 is 11.6 Å². The summed E-state index contributed by atoms with van der Waals surface area (Å²) in [5, 5.41) is 3.30. The van der Waals surface area contributed by atoms with Gasteiger partial charge in [-0.2, -0.15) is 0 Å². The SMILES string of the molecule is C[N+]1(C)Cc2cc3cccc(Cl)c3cc2C1.[Br-]. The Kier molecular flexibility index (Phi) is 3.23. The van der Waals surface area contributed by atoms with Gasteiger partial charge in [-0.1, -0.05) is 23.7 Å². The van der Waals surface area contributed by atoms with Crippen LogP contribution in [0.15, 0.2) is 30.3 Å². The van der Waals surface area contributed by atoms with Crippen molar-refractivity contribution in [1.82, 2.24) is 0 Å². The topological polar surface area (TPSA) is 0 Å². The summed E-state index contributed by atoms with van der Waals surface area (Å²) in [7, 11) is 4.54. The van der Waals surface area contributed by atoms with E-state index < -0.39 is 0 Å². The van der Waals surface area contributed by atoms with Gasteiger partial charge in [-0.25, -0.2) is 0 Å². The molecule has 0 saturated heterocycles. The van der Waals surface area contributed by atoms with Crippen LogP contribution in [-0.2, 0) is 13.1 Å². The zero-order valence-corrected chi connectivity index (χ0v) is 12.3. The Balaban J connectivity index is 0.00000108. The third-order valence-electron chi connectivity index (χ3n) is 3.34. The van der Waals surface area contributed by atoms with Crippen molar-refractivity contribution in [3.05, 3.63) is 46.5 Å². The van der Waals surface area contributed by atoms with E-state index in [1.54, 1.807) is 0 Å². The number of nitrogens with zero attached hydrogens (tertiary/aromatic N) is 1. The van der Waals surface area contributed by atoms with E-state index in [1.807, 2.05) is 12.1 Å². The summed E-state index contributed by atoms with van der Waals surface area (Å²) in [5.41, 5.74) is 2.92. The highest BCUT2D eigenvalue weighted by Crippen LogP contribution is 2.33. The maximum atomic E-state index is 6.22. The summed E-state index contributed by atoms with van der Waals surface area (Å²) in [5.74, 6) is 0. The minimum atomic E-state index is 0. The third kappa shape index (κ3) is 2.22. The molecule has 0 saturated carbocycles. The number of quaternary nitrogens is 1. The van der Waals surface area contributed by atoms with Crippen molar-refractivity contribution < 1.29 is 21.5 Å². The van der Waals surface area contributed by atoms with Crippen molar-refractivity contribution in [2.75, 3.05) is 14.1 Å². The van der Waals surface area contributed by atoms with Gasteiger partial charge < -0.3 is 21.5 Å². The van der Waals surface area contributed by atoms with E-state index in [2.05, 4.69) is 32.3 Å². The number of hydrogen-bond donors (Lipinski definition) is 0. The Labute approximate surface area is 117 Å². The number of fused-ring (bicyclic) bond motifs is 2. The lowest BCUT2D eigenvalue weighted by molar-refractivity contribution is -0.910. The van der Waals surface area contributed by atoms with E-state index in [0.29, 0.717) is 0 Å². The normalized spacial score (nSPS) is 16.6. The number of halogens is 2. The molecule has 1 aliphatic rings. The van der Waals surface area contributed by atoms with E-state index in [-0.39, 0.29) is 17.0 Å². The minimum absolute atomic E-state index is 0. The van der Waals surface area contributed by atoms with Gasteiger partial charge in [0.2, 0.25) is 0 Å². The van der Waals surface area contributed by atoms with Gasteiger partial charge in [0, 0.05) is 21.5 Å². The molecule has 3 rings (SSSR count). The Morgan fingerprint density at radius 3 is 2.41 bits per heavy atom. The fourth-order valence-corrected chi connectivity index (χ4v) is 2.89. The first kappa shape index (κ1) is 12.9. The number of hydrogen-bond acceptors (Lipinski definition) is 0. The fourth-order valence-electron chi connectivity index (χ4n) is 2.65. The van der Waals surface area contributed by atoms with Gasteiger partial charge in [0.25, 0.3) is 0 Å². The quantitative estimate of drug-likeness (QED) is 0.625. The third-order valence-corrected chi connectivity index (χ3v) is 3.67. The molecule has 0 aromatic heterocycles. The molecule has 0 N–H and O–H groups in total. The molecule has 1 heterocycles. The molecule has 1 nitrogen and oxygen atoms in total. The number of benzene rings is 2. The Morgan fingerprint density at radius 2 is 1.71 bits per heavy atom. The van der Waals surface area contributed by atoms with E-state index >= 15 is 0 Å². The summed E-state index contributed by atoms with van der Waals surface area (Å²) in [6.45, 7) is 2.23. The van der Waals surface area contributed by atoms with Crippen molar-refractivity contribution >= 4 is 22.4 Å². The summed E-state index contributed by atoms with van der Waals surface area (Å²) < 4.78 is 1.04. The Bertz CT molecular complexity index is 578. The van der Waals surface area contributed by atoms with E-state index in [1.165, 1.54) is 21.9 Å². The highest BCUT2D eigenvalue weighted by molar-refractivity contribution is 6.35. The molecule has 0 radical (unpaired) electrons. The van der Waals surface area contributed by atoms with Crippen LogP contribution in [0.5, 0.6) is 0 Å².